The standard InChI is InChI=1S/C20H18ClNO5/c1-22(2)20(24)18(14-6-4-3-5-7-14)27-17(23)9-8-13-10-15(21)19-16(11-13)25-12-26-19/h3-11,18H,12H2,1-2H3/b9-8+/t18-/m0/s1. The minimum absolute atomic E-state index is 0.107. The van der Waals surface area contributed by atoms with E-state index < -0.39 is 12.1 Å². The summed E-state index contributed by atoms with van der Waals surface area (Å²) in [4.78, 5) is 26.1. The van der Waals surface area contributed by atoms with Crippen LogP contribution in [-0.4, -0.2) is 37.7 Å². The molecule has 0 aromatic heterocycles. The van der Waals surface area contributed by atoms with Crippen molar-refractivity contribution >= 4 is 29.6 Å². The maximum Gasteiger partial charge on any atom is 0.331 e. The third-order valence-corrected chi connectivity index (χ3v) is 4.14. The predicted octanol–water partition coefficient (Wildman–Crippen LogP) is 3.45. The maximum atomic E-state index is 12.4. The van der Waals surface area contributed by atoms with Crippen molar-refractivity contribution in [1.82, 2.24) is 4.90 Å². The fraction of sp³-hybridized carbons (Fsp3) is 0.200. The number of hydrogen-bond donors (Lipinski definition) is 0. The van der Waals surface area contributed by atoms with Crippen molar-refractivity contribution < 1.29 is 23.8 Å². The normalized spacial score (nSPS) is 13.4. The van der Waals surface area contributed by atoms with E-state index in [9.17, 15) is 9.59 Å². The summed E-state index contributed by atoms with van der Waals surface area (Å²) in [5.74, 6) is 0.0273. The van der Waals surface area contributed by atoms with Gasteiger partial charge in [0.1, 0.15) is 0 Å². The molecule has 1 aliphatic rings. The molecule has 0 saturated heterocycles. The zero-order valence-corrected chi connectivity index (χ0v) is 15.6. The Morgan fingerprint density at radius 1 is 1.19 bits per heavy atom. The molecule has 0 unspecified atom stereocenters. The number of hydrogen-bond acceptors (Lipinski definition) is 5. The van der Waals surface area contributed by atoms with Gasteiger partial charge in [0.25, 0.3) is 5.91 Å². The molecule has 1 amide bonds. The summed E-state index contributed by atoms with van der Waals surface area (Å²) >= 11 is 6.13. The van der Waals surface area contributed by atoms with Crippen molar-refractivity contribution in [2.75, 3.05) is 20.9 Å². The number of likely N-dealkylation sites (N-methyl/N-ethyl adjacent to an activating group) is 1. The second-order valence-electron chi connectivity index (χ2n) is 6.03. The summed E-state index contributed by atoms with van der Waals surface area (Å²) in [6, 6.07) is 12.2. The first kappa shape index (κ1) is 18.8. The highest BCUT2D eigenvalue weighted by atomic mass is 35.5. The highest BCUT2D eigenvalue weighted by molar-refractivity contribution is 6.32. The number of amides is 1. The molecule has 0 radical (unpaired) electrons. The van der Waals surface area contributed by atoms with Gasteiger partial charge in [-0.1, -0.05) is 41.9 Å². The second kappa shape index (κ2) is 8.14. The molecule has 27 heavy (non-hydrogen) atoms. The van der Waals surface area contributed by atoms with Crippen LogP contribution in [0.25, 0.3) is 6.08 Å². The number of fused-ring (bicyclic) bond motifs is 1. The van der Waals surface area contributed by atoms with Gasteiger partial charge in [0, 0.05) is 25.7 Å². The first-order valence-electron chi connectivity index (χ1n) is 8.19. The van der Waals surface area contributed by atoms with Gasteiger partial charge < -0.3 is 19.1 Å². The molecule has 2 aromatic carbocycles. The van der Waals surface area contributed by atoms with Gasteiger partial charge in [0.05, 0.1) is 5.02 Å². The van der Waals surface area contributed by atoms with Crippen molar-refractivity contribution in [2.24, 2.45) is 0 Å². The quantitative estimate of drug-likeness (QED) is 0.580. The number of carbonyl (C=O) groups excluding carboxylic acids is 2. The number of benzene rings is 2. The lowest BCUT2D eigenvalue weighted by molar-refractivity contribution is -0.155. The van der Waals surface area contributed by atoms with Gasteiger partial charge in [-0.15, -0.1) is 0 Å². The third-order valence-electron chi connectivity index (χ3n) is 3.86. The van der Waals surface area contributed by atoms with Gasteiger partial charge in [-0.3, -0.25) is 4.79 Å². The average Bonchev–Trinajstić information content (AvgIpc) is 3.14. The number of rotatable bonds is 5. The first-order valence-corrected chi connectivity index (χ1v) is 8.57. The molecule has 0 N–H and O–H groups in total. The fourth-order valence-corrected chi connectivity index (χ4v) is 2.80. The van der Waals surface area contributed by atoms with Crippen molar-refractivity contribution in [3.63, 3.8) is 0 Å². The van der Waals surface area contributed by atoms with Crippen LogP contribution in [0.2, 0.25) is 5.02 Å². The SMILES string of the molecule is CN(C)C(=O)[C@@H](OC(=O)/C=C/c1cc(Cl)c2c(c1)OCO2)c1ccccc1. The number of nitrogens with zero attached hydrogens (tertiary/aromatic N) is 1. The van der Waals surface area contributed by atoms with E-state index in [4.69, 9.17) is 25.8 Å². The molecular formula is C20H18ClNO5. The highest BCUT2D eigenvalue weighted by Gasteiger charge is 2.25. The second-order valence-corrected chi connectivity index (χ2v) is 6.44. The lowest BCUT2D eigenvalue weighted by Gasteiger charge is -2.20. The number of esters is 1. The highest BCUT2D eigenvalue weighted by Crippen LogP contribution is 2.40. The van der Waals surface area contributed by atoms with Crippen molar-refractivity contribution in [1.29, 1.82) is 0 Å². The Labute approximate surface area is 161 Å². The van der Waals surface area contributed by atoms with Gasteiger partial charge in [-0.25, -0.2) is 4.79 Å². The summed E-state index contributed by atoms with van der Waals surface area (Å²) in [6.07, 6.45) is 1.77. The monoisotopic (exact) mass is 387 g/mol. The van der Waals surface area contributed by atoms with Crippen LogP contribution in [0.15, 0.2) is 48.5 Å². The topological polar surface area (TPSA) is 65.1 Å². The van der Waals surface area contributed by atoms with Gasteiger partial charge in [-0.2, -0.15) is 0 Å². The van der Waals surface area contributed by atoms with Crippen molar-refractivity contribution in [3.05, 3.63) is 64.7 Å². The van der Waals surface area contributed by atoms with Crippen molar-refractivity contribution in [2.45, 2.75) is 6.10 Å². The Bertz CT molecular complexity index is 879. The molecule has 6 nitrogen and oxygen atoms in total. The van der Waals surface area contributed by atoms with Gasteiger partial charge in [0.2, 0.25) is 12.9 Å². The largest absolute Gasteiger partial charge is 0.454 e. The number of halogens is 1. The fourth-order valence-electron chi connectivity index (χ4n) is 2.53. The molecule has 7 heteroatoms. The van der Waals surface area contributed by atoms with E-state index >= 15 is 0 Å². The summed E-state index contributed by atoms with van der Waals surface area (Å²) in [6.45, 7) is 0.107. The summed E-state index contributed by atoms with van der Waals surface area (Å²) in [5, 5.41) is 0.392. The van der Waals surface area contributed by atoms with E-state index in [1.54, 1.807) is 56.6 Å². The lowest BCUT2D eigenvalue weighted by Crippen LogP contribution is -2.30. The predicted molar refractivity (Wildman–Crippen MR) is 101 cm³/mol. The van der Waals surface area contributed by atoms with Gasteiger partial charge >= 0.3 is 5.97 Å². The van der Waals surface area contributed by atoms with Crippen LogP contribution in [0.5, 0.6) is 11.5 Å². The Balaban J connectivity index is 1.75. The van der Waals surface area contributed by atoms with Gasteiger partial charge in [-0.05, 0) is 23.8 Å². The third kappa shape index (κ3) is 4.41. The van der Waals surface area contributed by atoms with E-state index in [0.717, 1.165) is 0 Å². The molecular weight excluding hydrogens is 370 g/mol. The molecule has 2 aromatic rings. The smallest absolute Gasteiger partial charge is 0.331 e. The zero-order chi connectivity index (χ0) is 19.4. The molecule has 0 aliphatic carbocycles. The van der Waals surface area contributed by atoms with E-state index in [1.807, 2.05) is 6.07 Å². The molecule has 0 saturated carbocycles. The molecule has 1 aliphatic heterocycles. The van der Waals surface area contributed by atoms with Crippen LogP contribution >= 0.6 is 11.6 Å². The summed E-state index contributed by atoms with van der Waals surface area (Å²) in [7, 11) is 3.22. The Morgan fingerprint density at radius 2 is 1.93 bits per heavy atom. The Kier molecular flexibility index (Phi) is 5.66. The van der Waals surface area contributed by atoms with E-state index in [2.05, 4.69) is 0 Å². The Hall–Kier alpha value is -2.99. The summed E-state index contributed by atoms with van der Waals surface area (Å²) < 4.78 is 15.9. The molecule has 1 atom stereocenters. The molecule has 0 spiro atoms. The number of carbonyl (C=O) groups is 2. The van der Waals surface area contributed by atoms with Crippen LogP contribution in [0.3, 0.4) is 0 Å². The van der Waals surface area contributed by atoms with Crippen LogP contribution < -0.4 is 9.47 Å². The van der Waals surface area contributed by atoms with Crippen molar-refractivity contribution in [3.8, 4) is 11.5 Å². The zero-order valence-electron chi connectivity index (χ0n) is 14.8. The minimum Gasteiger partial charge on any atom is -0.454 e. The lowest BCUT2D eigenvalue weighted by atomic mass is 10.1. The van der Waals surface area contributed by atoms with Crippen LogP contribution in [-0.2, 0) is 14.3 Å². The average molecular weight is 388 g/mol. The Morgan fingerprint density at radius 3 is 2.63 bits per heavy atom. The first-order chi connectivity index (χ1) is 13.0. The molecule has 3 rings (SSSR count). The maximum absolute atomic E-state index is 12.4. The molecule has 140 valence electrons. The van der Waals surface area contributed by atoms with Crippen LogP contribution in [0, 0.1) is 0 Å². The van der Waals surface area contributed by atoms with Crippen LogP contribution in [0.1, 0.15) is 17.2 Å². The summed E-state index contributed by atoms with van der Waals surface area (Å²) in [5.41, 5.74) is 1.25. The van der Waals surface area contributed by atoms with Gasteiger partial charge in [0.15, 0.2) is 11.5 Å². The van der Waals surface area contributed by atoms with Crippen LogP contribution in [0.4, 0.5) is 0 Å². The number of ether oxygens (including phenoxy) is 3. The van der Waals surface area contributed by atoms with E-state index in [-0.39, 0.29) is 12.7 Å². The minimum atomic E-state index is -1.02. The van der Waals surface area contributed by atoms with E-state index in [1.165, 1.54) is 11.0 Å². The molecule has 0 fully saturated rings. The molecule has 1 heterocycles. The molecule has 0 bridgehead atoms. The van der Waals surface area contributed by atoms with E-state index in [0.29, 0.717) is 27.6 Å².